The van der Waals surface area contributed by atoms with Gasteiger partial charge in [0.1, 0.15) is 5.52 Å². The fourth-order valence-corrected chi connectivity index (χ4v) is 2.80. The molecule has 0 amide bonds. The molecule has 0 radical (unpaired) electrons. The molecule has 3 rings (SSSR count). The second-order valence-corrected chi connectivity index (χ2v) is 4.50. The van der Waals surface area contributed by atoms with Gasteiger partial charge in [0.15, 0.2) is 0 Å². The smallest absolute Gasteiger partial charge is 0.109 e. The maximum Gasteiger partial charge on any atom is 0.109 e. The second kappa shape index (κ2) is 3.00. The average Bonchev–Trinajstić information content (AvgIpc) is 2.75. The van der Waals surface area contributed by atoms with Crippen molar-refractivity contribution in [2.24, 2.45) is 0 Å². The third-order valence-corrected chi connectivity index (χ3v) is 3.76. The Balaban J connectivity index is 2.69. The van der Waals surface area contributed by atoms with Crippen LogP contribution >= 0.6 is 11.5 Å². The first-order valence-corrected chi connectivity index (χ1v) is 5.66. The van der Waals surface area contributed by atoms with Crippen LogP contribution in [-0.2, 0) is 0 Å². The molecule has 15 heavy (non-hydrogen) atoms. The Morgan fingerprint density at radius 2 is 1.67 bits per heavy atom. The van der Waals surface area contributed by atoms with E-state index in [1.54, 1.807) is 0 Å². The van der Waals surface area contributed by atoms with E-state index < -0.39 is 0 Å². The molecular formula is C12H10N2S. The molecule has 0 saturated heterocycles. The van der Waals surface area contributed by atoms with E-state index in [0.717, 1.165) is 5.52 Å². The van der Waals surface area contributed by atoms with Crippen molar-refractivity contribution in [3.8, 4) is 0 Å². The van der Waals surface area contributed by atoms with Gasteiger partial charge in [-0.15, -0.1) is 5.10 Å². The van der Waals surface area contributed by atoms with E-state index >= 15 is 0 Å². The lowest BCUT2D eigenvalue weighted by atomic mass is 10.0. The van der Waals surface area contributed by atoms with Crippen LogP contribution in [0.3, 0.4) is 0 Å². The van der Waals surface area contributed by atoms with Crippen molar-refractivity contribution in [1.29, 1.82) is 0 Å². The number of aromatic nitrogens is 2. The first-order chi connectivity index (χ1) is 7.29. The highest BCUT2D eigenvalue weighted by Crippen LogP contribution is 2.32. The number of fused-ring (bicyclic) bond motifs is 2. The molecular weight excluding hydrogens is 204 g/mol. The molecule has 2 aromatic carbocycles. The summed E-state index contributed by atoms with van der Waals surface area (Å²) in [6, 6.07) is 8.46. The fourth-order valence-electron chi connectivity index (χ4n) is 2.07. The summed E-state index contributed by atoms with van der Waals surface area (Å²) in [7, 11) is 0. The number of hydrogen-bond acceptors (Lipinski definition) is 3. The minimum atomic E-state index is 1.05. The Morgan fingerprint density at radius 1 is 1.00 bits per heavy atom. The van der Waals surface area contributed by atoms with Crippen LogP contribution in [0.4, 0.5) is 0 Å². The van der Waals surface area contributed by atoms with Gasteiger partial charge in [-0.05, 0) is 47.3 Å². The molecule has 2 nitrogen and oxygen atoms in total. The van der Waals surface area contributed by atoms with Gasteiger partial charge in [-0.3, -0.25) is 0 Å². The minimum Gasteiger partial charge on any atom is -0.138 e. The Labute approximate surface area is 91.7 Å². The predicted octanol–water partition coefficient (Wildman–Crippen LogP) is 3.46. The zero-order valence-corrected chi connectivity index (χ0v) is 9.43. The van der Waals surface area contributed by atoms with Crippen LogP contribution < -0.4 is 0 Å². The number of nitrogens with zero attached hydrogens (tertiary/aromatic N) is 2. The monoisotopic (exact) mass is 214 g/mol. The van der Waals surface area contributed by atoms with Gasteiger partial charge in [0.25, 0.3) is 0 Å². The van der Waals surface area contributed by atoms with E-state index in [4.69, 9.17) is 0 Å². The highest BCUT2D eigenvalue weighted by Gasteiger charge is 2.10. The summed E-state index contributed by atoms with van der Waals surface area (Å²) in [4.78, 5) is 0. The summed E-state index contributed by atoms with van der Waals surface area (Å²) >= 11 is 1.48. The van der Waals surface area contributed by atoms with Crippen LogP contribution in [0.1, 0.15) is 11.1 Å². The minimum absolute atomic E-state index is 1.05. The van der Waals surface area contributed by atoms with Crippen LogP contribution in [0.25, 0.3) is 21.0 Å². The third kappa shape index (κ3) is 1.10. The SMILES string of the molecule is Cc1c2ccccc2c(C)c2snnc12. The molecule has 0 spiro atoms. The number of benzene rings is 2. The highest BCUT2D eigenvalue weighted by molar-refractivity contribution is 7.13. The van der Waals surface area contributed by atoms with Crippen molar-refractivity contribution in [1.82, 2.24) is 9.59 Å². The molecule has 1 aromatic heterocycles. The van der Waals surface area contributed by atoms with Gasteiger partial charge in [-0.25, -0.2) is 0 Å². The lowest BCUT2D eigenvalue weighted by Gasteiger charge is -2.05. The van der Waals surface area contributed by atoms with Crippen molar-refractivity contribution in [2.75, 3.05) is 0 Å². The molecule has 0 saturated carbocycles. The molecule has 0 fully saturated rings. The van der Waals surface area contributed by atoms with Crippen molar-refractivity contribution in [2.45, 2.75) is 13.8 Å². The van der Waals surface area contributed by atoms with E-state index in [9.17, 15) is 0 Å². The summed E-state index contributed by atoms with van der Waals surface area (Å²) in [5, 5.41) is 6.80. The summed E-state index contributed by atoms with van der Waals surface area (Å²) in [6.07, 6.45) is 0. The maximum absolute atomic E-state index is 4.20. The van der Waals surface area contributed by atoms with Gasteiger partial charge >= 0.3 is 0 Å². The molecule has 0 unspecified atom stereocenters. The first kappa shape index (κ1) is 8.80. The maximum atomic E-state index is 4.20. The normalized spacial score (nSPS) is 11.3. The quantitative estimate of drug-likeness (QED) is 0.572. The summed E-state index contributed by atoms with van der Waals surface area (Å²) in [6.45, 7) is 4.26. The van der Waals surface area contributed by atoms with Crippen LogP contribution in [0.5, 0.6) is 0 Å². The lowest BCUT2D eigenvalue weighted by Crippen LogP contribution is -1.85. The van der Waals surface area contributed by atoms with Gasteiger partial charge in [-0.1, -0.05) is 28.8 Å². The van der Waals surface area contributed by atoms with Gasteiger partial charge in [0.2, 0.25) is 0 Å². The summed E-state index contributed by atoms with van der Waals surface area (Å²) in [5.74, 6) is 0. The fraction of sp³-hybridized carbons (Fsp3) is 0.167. The summed E-state index contributed by atoms with van der Waals surface area (Å²) in [5.41, 5.74) is 3.58. The second-order valence-electron chi connectivity index (χ2n) is 3.75. The van der Waals surface area contributed by atoms with E-state index in [-0.39, 0.29) is 0 Å². The van der Waals surface area contributed by atoms with Crippen LogP contribution in [0.15, 0.2) is 24.3 Å². The predicted molar refractivity (Wildman–Crippen MR) is 64.4 cm³/mol. The molecule has 74 valence electrons. The number of aryl methyl sites for hydroxylation is 2. The van der Waals surface area contributed by atoms with Crippen LogP contribution in [-0.4, -0.2) is 9.59 Å². The molecule has 0 aliphatic rings. The van der Waals surface area contributed by atoms with Crippen molar-refractivity contribution >= 4 is 32.5 Å². The molecule has 0 N–H and O–H groups in total. The standard InChI is InChI=1S/C12H10N2S/c1-7-9-5-3-4-6-10(9)8(2)12-11(7)13-14-15-12/h3-6H,1-2H3. The largest absolute Gasteiger partial charge is 0.138 e. The zero-order chi connectivity index (χ0) is 10.4. The topological polar surface area (TPSA) is 25.8 Å². The molecule has 0 aliphatic carbocycles. The van der Waals surface area contributed by atoms with Crippen molar-refractivity contribution in [3.63, 3.8) is 0 Å². The highest BCUT2D eigenvalue weighted by atomic mass is 32.1. The number of rotatable bonds is 0. The molecule has 3 aromatic rings. The van der Waals surface area contributed by atoms with E-state index in [1.807, 2.05) is 0 Å². The van der Waals surface area contributed by atoms with Gasteiger partial charge in [0.05, 0.1) is 4.70 Å². The molecule has 3 heteroatoms. The third-order valence-electron chi connectivity index (χ3n) is 2.92. The molecule has 0 aliphatic heterocycles. The molecule has 0 atom stereocenters. The molecule has 1 heterocycles. The lowest BCUT2D eigenvalue weighted by molar-refractivity contribution is 1.19. The Kier molecular flexibility index (Phi) is 1.76. The van der Waals surface area contributed by atoms with Crippen LogP contribution in [0, 0.1) is 13.8 Å². The van der Waals surface area contributed by atoms with Crippen molar-refractivity contribution < 1.29 is 0 Å². The van der Waals surface area contributed by atoms with Crippen LogP contribution in [0.2, 0.25) is 0 Å². The van der Waals surface area contributed by atoms with E-state index in [0.29, 0.717) is 0 Å². The molecule has 0 bridgehead atoms. The van der Waals surface area contributed by atoms with Gasteiger partial charge in [0, 0.05) is 0 Å². The van der Waals surface area contributed by atoms with Gasteiger partial charge < -0.3 is 0 Å². The van der Waals surface area contributed by atoms with E-state index in [1.165, 1.54) is 38.1 Å². The Hall–Kier alpha value is -1.48. The zero-order valence-electron chi connectivity index (χ0n) is 8.61. The van der Waals surface area contributed by atoms with E-state index in [2.05, 4.69) is 47.7 Å². The first-order valence-electron chi connectivity index (χ1n) is 4.89. The van der Waals surface area contributed by atoms with Crippen molar-refractivity contribution in [3.05, 3.63) is 35.4 Å². The number of hydrogen-bond donors (Lipinski definition) is 0. The Morgan fingerprint density at radius 3 is 2.40 bits per heavy atom. The summed E-state index contributed by atoms with van der Waals surface area (Å²) < 4.78 is 5.25. The van der Waals surface area contributed by atoms with Gasteiger partial charge in [-0.2, -0.15) is 0 Å². The average molecular weight is 214 g/mol. The Bertz CT molecular complexity index is 600.